The van der Waals surface area contributed by atoms with Crippen LogP contribution in [-0.4, -0.2) is 36.0 Å². The molecule has 4 aliphatic rings. The summed E-state index contributed by atoms with van der Waals surface area (Å²) in [5, 5.41) is 3.89. The van der Waals surface area contributed by atoms with Crippen molar-refractivity contribution in [1.82, 2.24) is 10.4 Å². The summed E-state index contributed by atoms with van der Waals surface area (Å²) in [7, 11) is 0. The van der Waals surface area contributed by atoms with Crippen LogP contribution in [0.5, 0.6) is 0 Å². The van der Waals surface area contributed by atoms with Crippen LogP contribution < -0.4 is 5.48 Å². The summed E-state index contributed by atoms with van der Waals surface area (Å²) in [6.07, 6.45) is 3.38. The largest absolute Gasteiger partial charge is 0.300 e. The fourth-order valence-electron chi connectivity index (χ4n) is 4.23. The molecular formula is C17H19Cl2N3OS. The van der Waals surface area contributed by atoms with Gasteiger partial charge in [-0.15, -0.1) is 23.7 Å². The van der Waals surface area contributed by atoms with Gasteiger partial charge >= 0.3 is 0 Å². The number of piperidine rings is 3. The van der Waals surface area contributed by atoms with E-state index in [4.69, 9.17) is 21.4 Å². The molecule has 2 bridgehead atoms. The van der Waals surface area contributed by atoms with Crippen molar-refractivity contribution in [3.05, 3.63) is 28.6 Å². The fourth-order valence-corrected chi connectivity index (χ4v) is 5.43. The number of hydrogen-bond donors (Lipinski definition) is 1. The zero-order valence-electron chi connectivity index (χ0n) is 13.1. The van der Waals surface area contributed by atoms with Crippen molar-refractivity contribution in [2.75, 3.05) is 19.6 Å². The lowest BCUT2D eigenvalue weighted by molar-refractivity contribution is -0.150. The highest BCUT2D eigenvalue weighted by Crippen LogP contribution is 2.42. The van der Waals surface area contributed by atoms with Crippen LogP contribution in [-0.2, 0) is 4.84 Å². The number of halogens is 2. The first kappa shape index (κ1) is 16.6. The highest BCUT2D eigenvalue weighted by Gasteiger charge is 2.52. The predicted octanol–water partition coefficient (Wildman–Crippen LogP) is 4.40. The van der Waals surface area contributed by atoms with Crippen molar-refractivity contribution in [2.24, 2.45) is 10.9 Å². The third kappa shape index (κ3) is 2.63. The van der Waals surface area contributed by atoms with Crippen molar-refractivity contribution in [3.63, 3.8) is 0 Å². The molecule has 0 unspecified atom stereocenters. The molecule has 7 heteroatoms. The van der Waals surface area contributed by atoms with Gasteiger partial charge in [0.2, 0.25) is 0 Å². The van der Waals surface area contributed by atoms with Crippen LogP contribution in [0.3, 0.4) is 0 Å². The van der Waals surface area contributed by atoms with Crippen LogP contribution in [0.25, 0.3) is 10.1 Å². The summed E-state index contributed by atoms with van der Waals surface area (Å²) in [6.45, 7) is 3.47. The monoisotopic (exact) mass is 383 g/mol. The number of hydrogen-bond acceptors (Lipinski definition) is 4. The number of benzene rings is 1. The van der Waals surface area contributed by atoms with E-state index in [1.807, 2.05) is 17.5 Å². The Morgan fingerprint density at radius 1 is 1.33 bits per heavy atom. The van der Waals surface area contributed by atoms with Gasteiger partial charge in [-0.05, 0) is 50.0 Å². The minimum atomic E-state index is -0.0638. The summed E-state index contributed by atoms with van der Waals surface area (Å²) in [4.78, 5) is 13.3. The lowest BCUT2D eigenvalue weighted by Crippen LogP contribution is -2.59. The predicted molar refractivity (Wildman–Crippen MR) is 102 cm³/mol. The molecule has 4 saturated heterocycles. The number of nitrogens with zero attached hydrogens (tertiary/aromatic N) is 2. The summed E-state index contributed by atoms with van der Waals surface area (Å²) in [5.41, 5.74) is 4.00. The molecule has 0 aliphatic carbocycles. The van der Waals surface area contributed by atoms with Gasteiger partial charge in [-0.25, -0.2) is 4.99 Å². The van der Waals surface area contributed by atoms with E-state index in [2.05, 4.69) is 16.4 Å². The molecule has 4 nitrogen and oxygen atoms in total. The van der Waals surface area contributed by atoms with E-state index in [1.165, 1.54) is 30.6 Å². The molecule has 6 rings (SSSR count). The molecule has 4 aliphatic heterocycles. The highest BCUT2D eigenvalue weighted by atomic mass is 35.5. The molecular weight excluding hydrogens is 365 g/mol. The summed E-state index contributed by atoms with van der Waals surface area (Å²) < 4.78 is 1.17. The summed E-state index contributed by atoms with van der Waals surface area (Å²) in [5.74, 6) is 1.60. The Balaban J connectivity index is 0.00000146. The van der Waals surface area contributed by atoms with Crippen LogP contribution in [0.2, 0.25) is 5.02 Å². The Morgan fingerprint density at radius 2 is 2.17 bits per heavy atom. The van der Waals surface area contributed by atoms with Crippen molar-refractivity contribution in [3.8, 4) is 0 Å². The molecule has 24 heavy (non-hydrogen) atoms. The second kappa shape index (κ2) is 6.15. The van der Waals surface area contributed by atoms with Gasteiger partial charge in [0.05, 0.1) is 10.7 Å². The number of rotatable bonds is 1. The van der Waals surface area contributed by atoms with Crippen LogP contribution in [0, 0.1) is 5.92 Å². The zero-order chi connectivity index (χ0) is 15.4. The molecule has 1 atom stereocenters. The van der Waals surface area contributed by atoms with E-state index in [-0.39, 0.29) is 18.0 Å². The van der Waals surface area contributed by atoms with Gasteiger partial charge in [-0.1, -0.05) is 11.6 Å². The van der Waals surface area contributed by atoms with Crippen molar-refractivity contribution in [1.29, 1.82) is 0 Å². The van der Waals surface area contributed by atoms with Gasteiger partial charge in [0.1, 0.15) is 11.4 Å². The topological polar surface area (TPSA) is 36.9 Å². The van der Waals surface area contributed by atoms with E-state index in [0.29, 0.717) is 5.92 Å². The van der Waals surface area contributed by atoms with Crippen molar-refractivity contribution in [2.45, 2.75) is 24.9 Å². The molecule has 128 valence electrons. The van der Waals surface area contributed by atoms with Gasteiger partial charge in [0, 0.05) is 28.4 Å². The summed E-state index contributed by atoms with van der Waals surface area (Å²) >= 11 is 7.82. The fraction of sp³-hybridized carbons (Fsp3) is 0.471. The lowest BCUT2D eigenvalue weighted by Gasteiger charge is -2.49. The first-order valence-corrected chi connectivity index (χ1v) is 9.38. The average Bonchev–Trinajstić information content (AvgIpc) is 3.13. The lowest BCUT2D eigenvalue weighted by atomic mass is 9.74. The Labute approximate surface area is 156 Å². The Kier molecular flexibility index (Phi) is 4.25. The van der Waals surface area contributed by atoms with Gasteiger partial charge < -0.3 is 4.90 Å². The maximum absolute atomic E-state index is 6.17. The standard InChI is InChI=1S/C17H18ClN3OS.ClH/c18-14-9-23-15-7-12(1-2-13(14)15)19-16-8-17(22-20-16)10-21-5-3-11(17)4-6-21;/h1-2,7,9,11H,3-6,8,10H2,(H,19,20);1H/t17-;/m0./s1. The van der Waals surface area contributed by atoms with Crippen LogP contribution in [0.1, 0.15) is 19.3 Å². The van der Waals surface area contributed by atoms with Crippen molar-refractivity contribution >= 4 is 57.0 Å². The van der Waals surface area contributed by atoms with Crippen LogP contribution in [0.15, 0.2) is 28.6 Å². The number of amidine groups is 1. The molecule has 1 aromatic carbocycles. The third-order valence-electron chi connectivity index (χ3n) is 5.44. The number of nitrogens with one attached hydrogen (secondary N) is 1. The molecule has 0 saturated carbocycles. The molecule has 4 fully saturated rings. The molecule has 1 spiro atoms. The Bertz CT molecular complexity index is 800. The quantitative estimate of drug-likeness (QED) is 0.792. The highest BCUT2D eigenvalue weighted by molar-refractivity contribution is 7.17. The molecule has 0 radical (unpaired) electrons. The Morgan fingerprint density at radius 3 is 2.92 bits per heavy atom. The third-order valence-corrected chi connectivity index (χ3v) is 6.82. The molecule has 5 heterocycles. The van der Waals surface area contributed by atoms with E-state index in [1.54, 1.807) is 11.3 Å². The molecule has 2 aromatic rings. The van der Waals surface area contributed by atoms with Crippen LogP contribution >= 0.6 is 35.3 Å². The number of fused-ring (bicyclic) bond motifs is 3. The average molecular weight is 384 g/mol. The summed E-state index contributed by atoms with van der Waals surface area (Å²) in [6, 6.07) is 6.17. The zero-order valence-corrected chi connectivity index (χ0v) is 15.5. The molecule has 1 N–H and O–H groups in total. The second-order valence-corrected chi connectivity index (χ2v) is 8.14. The van der Waals surface area contributed by atoms with Gasteiger partial charge in [-0.2, -0.15) is 0 Å². The number of aliphatic imine (C=N–C) groups is 1. The normalized spacial score (nSPS) is 33.1. The first-order valence-electron chi connectivity index (χ1n) is 8.13. The van der Waals surface area contributed by atoms with Gasteiger partial charge in [0.15, 0.2) is 0 Å². The van der Waals surface area contributed by atoms with Gasteiger partial charge in [0.25, 0.3) is 0 Å². The van der Waals surface area contributed by atoms with E-state index in [9.17, 15) is 0 Å². The van der Waals surface area contributed by atoms with Crippen LogP contribution in [0.4, 0.5) is 5.69 Å². The minimum Gasteiger partial charge on any atom is -0.300 e. The molecule has 1 aromatic heterocycles. The minimum absolute atomic E-state index is 0. The SMILES string of the molecule is Cl.Clc1csc2cc(N=C3C[C@@]4(CN5CCC4CC5)ON3)ccc12. The molecule has 0 amide bonds. The second-order valence-electron chi connectivity index (χ2n) is 6.82. The maximum Gasteiger partial charge on any atom is 0.129 e. The number of thiophene rings is 1. The number of hydroxylamine groups is 1. The van der Waals surface area contributed by atoms with Crippen molar-refractivity contribution < 1.29 is 4.84 Å². The maximum atomic E-state index is 6.17. The van der Waals surface area contributed by atoms with Gasteiger partial charge in [-0.3, -0.25) is 10.3 Å². The van der Waals surface area contributed by atoms with E-state index in [0.717, 1.165) is 34.9 Å². The van der Waals surface area contributed by atoms with E-state index >= 15 is 0 Å². The Hall–Kier alpha value is -0.850. The first-order chi connectivity index (χ1) is 11.2. The van der Waals surface area contributed by atoms with E-state index < -0.39 is 0 Å². The smallest absolute Gasteiger partial charge is 0.129 e.